The third-order valence-electron chi connectivity index (χ3n) is 13.5. The average molecular weight is 1080 g/mol. The molecule has 2 aliphatic heterocycles. The molecule has 8 amide bonds. The Hall–Kier alpha value is -7.86. The standard InChI is InChI=1S/C54H77N13O11/c1-3-5-8-23-45(69)61-39(19-6-4-2)48(72)64-41-24-25-46(70)78-60-27-14-13-21-38(47(55)71)62-51(75)43(29-34-31-59-37-20-12-11-18-36(34)37)65-49(73)40(22-15-26-58-54(56)57)63-50(74)42(28-33-16-9-7-10-17-33)66-52(76)44-30-35(68)32-67(44)53(41)77/h3,7,9-12,16-18,20,31,35,38-44,59-60,68H,1,4-6,8,13-15,19,21-30,32H2,2H3,(H2,55,71)(H,61,69)(H,62,75)(H,63,74)(H,64,72)(H,65,73)(H,66,76)(H4,56,57,58)/t35?,38-,39-,40-,41-,42+,43-,44-/m0/s1. The summed E-state index contributed by atoms with van der Waals surface area (Å²) in [6.07, 6.45) is 4.42. The van der Waals surface area contributed by atoms with Gasteiger partial charge in [0.15, 0.2) is 5.96 Å². The van der Waals surface area contributed by atoms with Gasteiger partial charge in [-0.15, -0.1) is 6.58 Å². The number of aliphatic hydroxyl groups is 1. The van der Waals surface area contributed by atoms with E-state index in [1.54, 1.807) is 42.6 Å². The van der Waals surface area contributed by atoms with Crippen LogP contribution in [0.1, 0.15) is 108 Å². The first-order chi connectivity index (χ1) is 37.5. The second-order valence-corrected chi connectivity index (χ2v) is 19.7. The number of benzene rings is 2. The van der Waals surface area contributed by atoms with Crippen molar-refractivity contribution in [3.05, 3.63) is 84.6 Å². The zero-order chi connectivity index (χ0) is 56.6. The van der Waals surface area contributed by atoms with Crippen molar-refractivity contribution >= 4 is 70.1 Å². The fourth-order valence-electron chi connectivity index (χ4n) is 9.31. The van der Waals surface area contributed by atoms with Crippen LogP contribution in [0.15, 0.2) is 78.4 Å². The number of carbonyl (C=O) groups excluding carboxylic acids is 9. The summed E-state index contributed by atoms with van der Waals surface area (Å²) in [5.74, 6) is -7.00. The van der Waals surface area contributed by atoms with E-state index in [-0.39, 0.29) is 89.3 Å². The van der Waals surface area contributed by atoms with Crippen molar-refractivity contribution < 1.29 is 53.1 Å². The molecule has 24 nitrogen and oxygen atoms in total. The van der Waals surface area contributed by atoms with Crippen LogP contribution >= 0.6 is 0 Å². The number of guanidine groups is 1. The lowest BCUT2D eigenvalue weighted by atomic mass is 10.0. The van der Waals surface area contributed by atoms with Gasteiger partial charge in [-0.25, -0.2) is 0 Å². The molecular weight excluding hydrogens is 1010 g/mol. The van der Waals surface area contributed by atoms with Crippen LogP contribution in [0, 0.1) is 0 Å². The summed E-state index contributed by atoms with van der Waals surface area (Å²) < 4.78 is 0. The van der Waals surface area contributed by atoms with Crippen molar-refractivity contribution in [3.63, 3.8) is 0 Å². The molecule has 0 bridgehead atoms. The molecular formula is C54H77N13O11. The topological polar surface area (TPSA) is 377 Å². The summed E-state index contributed by atoms with van der Waals surface area (Å²) in [6.45, 7) is 5.39. The van der Waals surface area contributed by atoms with Crippen LogP contribution < -0.4 is 54.6 Å². The number of primary amides is 1. The van der Waals surface area contributed by atoms with Crippen LogP contribution in [0.5, 0.6) is 0 Å². The Bertz CT molecular complexity index is 2570. The number of carbonyl (C=O) groups is 9. The Labute approximate surface area is 453 Å². The highest BCUT2D eigenvalue weighted by atomic mass is 16.7. The van der Waals surface area contributed by atoms with E-state index in [1.165, 1.54) is 0 Å². The number of hydrogen-bond acceptors (Lipinski definition) is 13. The van der Waals surface area contributed by atoms with Crippen LogP contribution in [-0.4, -0.2) is 142 Å². The van der Waals surface area contributed by atoms with E-state index in [9.17, 15) is 48.3 Å². The van der Waals surface area contributed by atoms with Gasteiger partial charge in [-0.2, -0.15) is 5.48 Å². The van der Waals surface area contributed by atoms with Gasteiger partial charge in [0.25, 0.3) is 0 Å². The van der Waals surface area contributed by atoms with Gasteiger partial charge in [0.1, 0.15) is 42.3 Å². The monoisotopic (exact) mass is 1080 g/mol. The number of aliphatic imine (C=N–C) groups is 1. The van der Waals surface area contributed by atoms with Gasteiger partial charge in [0, 0.05) is 68.8 Å². The third kappa shape index (κ3) is 19.3. The highest BCUT2D eigenvalue weighted by molar-refractivity contribution is 5.98. The van der Waals surface area contributed by atoms with E-state index < -0.39 is 102 Å². The minimum absolute atomic E-state index is 0.0565. The number of rotatable bonds is 19. The predicted molar refractivity (Wildman–Crippen MR) is 290 cm³/mol. The fraction of sp³-hybridized carbons (Fsp3) is 0.519. The van der Waals surface area contributed by atoms with E-state index in [2.05, 4.69) is 53.9 Å². The SMILES string of the molecule is C=CCCCC(=O)N[C@@H](CCCC)C(=O)N[C@H]1CCC(=O)ONCCCC[C@@H](C(N)=O)NC(=O)[C@H](Cc2c[nH]c3ccccc23)NC(=O)[C@H](CCCN=C(N)N)NC(=O)[C@@H](Cc2ccccc2)NC(=O)[C@@H]2CC(O)CN2C1=O. The number of para-hydroxylation sites is 1. The van der Waals surface area contributed by atoms with Gasteiger partial charge in [0.05, 0.1) is 6.10 Å². The lowest BCUT2D eigenvalue weighted by Gasteiger charge is -2.31. The van der Waals surface area contributed by atoms with Gasteiger partial charge in [-0.1, -0.05) is 74.4 Å². The lowest BCUT2D eigenvalue weighted by Crippen LogP contribution is -2.60. The molecule has 2 saturated heterocycles. The lowest BCUT2D eigenvalue weighted by molar-refractivity contribution is -0.152. The van der Waals surface area contributed by atoms with Gasteiger partial charge in [-0.3, -0.25) is 48.1 Å². The molecule has 0 radical (unpaired) electrons. The van der Waals surface area contributed by atoms with Gasteiger partial charge in [-0.05, 0) is 75.0 Å². The summed E-state index contributed by atoms with van der Waals surface area (Å²) in [7, 11) is 0. The average Bonchev–Trinajstić information content (AvgIpc) is 4.02. The maximum absolute atomic E-state index is 14.7. The van der Waals surface area contributed by atoms with Gasteiger partial charge < -0.3 is 68.9 Å². The zero-order valence-corrected chi connectivity index (χ0v) is 44.3. The maximum atomic E-state index is 14.7. The summed E-state index contributed by atoms with van der Waals surface area (Å²) in [4.78, 5) is 140. The number of hydrogen-bond donors (Lipinski definition) is 12. The van der Waals surface area contributed by atoms with Crippen molar-refractivity contribution in [2.45, 2.75) is 158 Å². The van der Waals surface area contributed by atoms with Crippen LogP contribution in [0.25, 0.3) is 10.9 Å². The second-order valence-electron chi connectivity index (χ2n) is 19.7. The summed E-state index contributed by atoms with van der Waals surface area (Å²) >= 11 is 0. The molecule has 5 rings (SSSR count). The molecule has 0 saturated carbocycles. The molecule has 2 aliphatic rings. The number of allylic oxidation sites excluding steroid dienone is 1. The normalized spacial score (nSPS) is 22.9. The summed E-state index contributed by atoms with van der Waals surface area (Å²) in [5.41, 5.74) is 21.6. The van der Waals surface area contributed by atoms with Crippen LogP contribution in [0.2, 0.25) is 0 Å². The molecule has 24 heteroatoms. The molecule has 3 heterocycles. The van der Waals surface area contributed by atoms with Crippen molar-refractivity contribution in [2.24, 2.45) is 22.2 Å². The summed E-state index contributed by atoms with van der Waals surface area (Å²) in [5, 5.41) is 28.3. The molecule has 78 heavy (non-hydrogen) atoms. The van der Waals surface area contributed by atoms with E-state index in [1.807, 2.05) is 31.2 Å². The Morgan fingerprint density at radius 3 is 2.28 bits per heavy atom. The molecule has 8 atom stereocenters. The Balaban J connectivity index is 1.51. The number of fused-ring (bicyclic) bond motifs is 2. The van der Waals surface area contributed by atoms with E-state index in [0.29, 0.717) is 49.7 Å². The zero-order valence-electron chi connectivity index (χ0n) is 44.3. The number of H-pyrrole nitrogens is 1. The molecule has 15 N–H and O–H groups in total. The number of aromatic nitrogens is 1. The van der Waals surface area contributed by atoms with Crippen LogP contribution in [0.3, 0.4) is 0 Å². The maximum Gasteiger partial charge on any atom is 0.324 e. The Morgan fingerprint density at radius 1 is 0.859 bits per heavy atom. The Kier molecular flexibility index (Phi) is 24.5. The fourth-order valence-corrected chi connectivity index (χ4v) is 9.31. The van der Waals surface area contributed by atoms with E-state index in [0.717, 1.165) is 15.8 Å². The molecule has 0 spiro atoms. The van der Waals surface area contributed by atoms with Crippen molar-refractivity contribution in [2.75, 3.05) is 19.6 Å². The molecule has 424 valence electrons. The van der Waals surface area contributed by atoms with Crippen molar-refractivity contribution in [1.82, 2.24) is 47.3 Å². The molecule has 1 aromatic heterocycles. The van der Waals surface area contributed by atoms with Crippen molar-refractivity contribution in [3.8, 4) is 0 Å². The highest BCUT2D eigenvalue weighted by Gasteiger charge is 2.43. The van der Waals surface area contributed by atoms with Gasteiger partial charge in [0.2, 0.25) is 47.3 Å². The number of aliphatic hydroxyl groups excluding tert-OH is 1. The minimum Gasteiger partial charge on any atom is -0.391 e. The number of hydroxylamine groups is 1. The second kappa shape index (κ2) is 31.4. The highest BCUT2D eigenvalue weighted by Crippen LogP contribution is 2.23. The smallest absolute Gasteiger partial charge is 0.324 e. The molecule has 2 aromatic carbocycles. The van der Waals surface area contributed by atoms with Crippen LogP contribution in [0.4, 0.5) is 0 Å². The molecule has 1 unspecified atom stereocenters. The Morgan fingerprint density at radius 2 is 1.55 bits per heavy atom. The summed E-state index contributed by atoms with van der Waals surface area (Å²) in [6, 6.07) is 6.77. The first-order valence-corrected chi connectivity index (χ1v) is 26.7. The largest absolute Gasteiger partial charge is 0.391 e. The predicted octanol–water partition coefficient (Wildman–Crippen LogP) is -0.0790. The van der Waals surface area contributed by atoms with Crippen LogP contribution in [-0.2, 0) is 60.8 Å². The minimum atomic E-state index is -1.47. The first kappa shape index (κ1) is 61.0. The first-order valence-electron chi connectivity index (χ1n) is 26.7. The number of nitrogens with zero attached hydrogens (tertiary/aromatic N) is 2. The van der Waals surface area contributed by atoms with Gasteiger partial charge >= 0.3 is 5.97 Å². The number of nitrogens with two attached hydrogens (primary N) is 3. The molecule has 0 aliphatic carbocycles. The molecule has 2 fully saturated rings. The molecule has 3 aromatic rings. The number of nitrogens with one attached hydrogen (secondary N) is 8. The number of unbranched alkanes of at least 4 members (excludes halogenated alkanes) is 2. The number of amides is 8. The number of aromatic amines is 1. The quantitative estimate of drug-likeness (QED) is 0.0324. The van der Waals surface area contributed by atoms with E-state index in [4.69, 9.17) is 22.0 Å². The van der Waals surface area contributed by atoms with E-state index >= 15 is 0 Å². The third-order valence-corrected chi connectivity index (χ3v) is 13.5. The van der Waals surface area contributed by atoms with Crippen molar-refractivity contribution in [1.29, 1.82) is 0 Å².